The van der Waals surface area contributed by atoms with Crippen LogP contribution in [0.5, 0.6) is 0 Å². The zero-order chi connectivity index (χ0) is 12.8. The minimum absolute atomic E-state index is 0.0938. The van der Waals surface area contributed by atoms with Gasteiger partial charge in [0.15, 0.2) is 0 Å². The van der Waals surface area contributed by atoms with Crippen LogP contribution in [0.15, 0.2) is 0 Å². The molecule has 0 aromatic rings. The topological polar surface area (TPSA) is 32.3 Å². The second kappa shape index (κ2) is 7.00. The Labute approximate surface area is 106 Å². The Morgan fingerprint density at radius 1 is 1.41 bits per heavy atom. The maximum atomic E-state index is 11.7. The molecule has 0 spiro atoms. The van der Waals surface area contributed by atoms with E-state index in [-0.39, 0.29) is 11.8 Å². The minimum atomic E-state index is 0.0938. The van der Waals surface area contributed by atoms with Crippen LogP contribution in [0.25, 0.3) is 0 Å². The number of rotatable bonds is 5. The molecule has 3 heteroatoms. The molecule has 2 unspecified atom stereocenters. The molecule has 17 heavy (non-hydrogen) atoms. The van der Waals surface area contributed by atoms with Gasteiger partial charge in [0.05, 0.1) is 0 Å². The molecule has 1 aliphatic heterocycles. The maximum Gasteiger partial charge on any atom is 0.222 e. The van der Waals surface area contributed by atoms with Gasteiger partial charge in [-0.15, -0.1) is 0 Å². The summed E-state index contributed by atoms with van der Waals surface area (Å²) in [6.07, 6.45) is 3.63. The normalized spacial score (nSPS) is 26.2. The smallest absolute Gasteiger partial charge is 0.222 e. The number of unbranched alkanes of at least 4 members (excludes halogenated alkanes) is 1. The van der Waals surface area contributed by atoms with Crippen molar-refractivity contribution in [2.24, 2.45) is 11.8 Å². The monoisotopic (exact) mass is 240 g/mol. The zero-order valence-electron chi connectivity index (χ0n) is 11.8. The number of nitrogens with zero attached hydrogens (tertiary/aromatic N) is 1. The molecule has 0 aliphatic carbocycles. The van der Waals surface area contributed by atoms with Gasteiger partial charge in [0.1, 0.15) is 0 Å². The summed E-state index contributed by atoms with van der Waals surface area (Å²) in [5, 5.41) is 3.17. The van der Waals surface area contributed by atoms with E-state index in [1.165, 1.54) is 25.9 Å². The fourth-order valence-electron chi connectivity index (χ4n) is 2.50. The predicted octanol–water partition coefficient (Wildman–Crippen LogP) is 2.27. The van der Waals surface area contributed by atoms with Crippen molar-refractivity contribution < 1.29 is 4.79 Å². The molecule has 0 aromatic carbocycles. The summed E-state index contributed by atoms with van der Waals surface area (Å²) in [6, 6.07) is 0.352. The van der Waals surface area contributed by atoms with Gasteiger partial charge >= 0.3 is 0 Å². The Morgan fingerprint density at radius 2 is 2.12 bits per heavy atom. The van der Waals surface area contributed by atoms with Crippen molar-refractivity contribution in [2.45, 2.75) is 53.0 Å². The first-order chi connectivity index (χ1) is 8.02. The molecule has 0 saturated carbocycles. The van der Waals surface area contributed by atoms with Gasteiger partial charge in [-0.1, -0.05) is 34.1 Å². The van der Waals surface area contributed by atoms with Crippen molar-refractivity contribution in [3.8, 4) is 0 Å². The predicted molar refractivity (Wildman–Crippen MR) is 71.9 cm³/mol. The summed E-state index contributed by atoms with van der Waals surface area (Å²) >= 11 is 0. The molecule has 1 N–H and O–H groups in total. The van der Waals surface area contributed by atoms with E-state index in [1.807, 2.05) is 13.8 Å². The maximum absolute atomic E-state index is 11.7. The highest BCUT2D eigenvalue weighted by Crippen LogP contribution is 2.17. The molecule has 1 fully saturated rings. The Kier molecular flexibility index (Phi) is 5.96. The Morgan fingerprint density at radius 3 is 2.71 bits per heavy atom. The van der Waals surface area contributed by atoms with Crippen LogP contribution in [0.3, 0.4) is 0 Å². The quantitative estimate of drug-likeness (QED) is 0.799. The fraction of sp³-hybridized carbons (Fsp3) is 0.929. The van der Waals surface area contributed by atoms with Crippen LogP contribution in [-0.4, -0.2) is 36.5 Å². The molecule has 1 saturated heterocycles. The Balaban J connectivity index is 2.41. The summed E-state index contributed by atoms with van der Waals surface area (Å²) in [6.45, 7) is 11.8. The number of hydrogen-bond donors (Lipinski definition) is 1. The van der Waals surface area contributed by atoms with Crippen molar-refractivity contribution in [2.75, 3.05) is 19.6 Å². The SMILES string of the molecule is CCCCN1CC(C)CC(NC(=O)C(C)C)C1. The van der Waals surface area contributed by atoms with Crippen LogP contribution < -0.4 is 5.32 Å². The summed E-state index contributed by atoms with van der Waals surface area (Å²) in [5.41, 5.74) is 0. The van der Waals surface area contributed by atoms with Crippen LogP contribution in [0, 0.1) is 11.8 Å². The molecule has 0 aromatic heterocycles. The highest BCUT2D eigenvalue weighted by molar-refractivity contribution is 5.78. The highest BCUT2D eigenvalue weighted by atomic mass is 16.1. The molecule has 1 amide bonds. The van der Waals surface area contributed by atoms with Crippen molar-refractivity contribution in [1.82, 2.24) is 10.2 Å². The zero-order valence-corrected chi connectivity index (χ0v) is 11.8. The average Bonchev–Trinajstić information content (AvgIpc) is 2.25. The van der Waals surface area contributed by atoms with E-state index in [0.717, 1.165) is 13.0 Å². The van der Waals surface area contributed by atoms with Crippen LogP contribution in [0.2, 0.25) is 0 Å². The third kappa shape index (κ3) is 5.07. The molecule has 1 heterocycles. The molecule has 1 aliphatic rings. The minimum Gasteiger partial charge on any atom is -0.352 e. The molecule has 0 bridgehead atoms. The summed E-state index contributed by atoms with van der Waals surface area (Å²) in [5.74, 6) is 0.980. The summed E-state index contributed by atoms with van der Waals surface area (Å²) in [4.78, 5) is 14.2. The van der Waals surface area contributed by atoms with E-state index < -0.39 is 0 Å². The lowest BCUT2D eigenvalue weighted by Gasteiger charge is -2.37. The van der Waals surface area contributed by atoms with Crippen molar-refractivity contribution in [3.63, 3.8) is 0 Å². The second-order valence-corrected chi connectivity index (χ2v) is 5.81. The standard InChI is InChI=1S/C14H28N2O/c1-5-6-7-16-9-12(4)8-13(10-16)15-14(17)11(2)3/h11-13H,5-10H2,1-4H3,(H,15,17). The van der Waals surface area contributed by atoms with Gasteiger partial charge in [-0.05, 0) is 25.3 Å². The van der Waals surface area contributed by atoms with Crippen LogP contribution in [0.4, 0.5) is 0 Å². The lowest BCUT2D eigenvalue weighted by atomic mass is 9.95. The highest BCUT2D eigenvalue weighted by Gasteiger charge is 2.25. The number of piperidine rings is 1. The number of likely N-dealkylation sites (tertiary alicyclic amines) is 1. The van der Waals surface area contributed by atoms with Gasteiger partial charge in [0.25, 0.3) is 0 Å². The third-order valence-electron chi connectivity index (χ3n) is 3.43. The van der Waals surface area contributed by atoms with Gasteiger partial charge in [-0.2, -0.15) is 0 Å². The number of carbonyl (C=O) groups excluding carboxylic acids is 1. The third-order valence-corrected chi connectivity index (χ3v) is 3.43. The van der Waals surface area contributed by atoms with Gasteiger partial charge < -0.3 is 10.2 Å². The van der Waals surface area contributed by atoms with Gasteiger partial charge in [0.2, 0.25) is 5.91 Å². The Hall–Kier alpha value is -0.570. The summed E-state index contributed by atoms with van der Waals surface area (Å²) in [7, 11) is 0. The van der Waals surface area contributed by atoms with Gasteiger partial charge in [-0.3, -0.25) is 4.79 Å². The largest absolute Gasteiger partial charge is 0.352 e. The average molecular weight is 240 g/mol. The molecule has 100 valence electrons. The van der Waals surface area contributed by atoms with Crippen molar-refractivity contribution in [1.29, 1.82) is 0 Å². The van der Waals surface area contributed by atoms with E-state index in [0.29, 0.717) is 12.0 Å². The van der Waals surface area contributed by atoms with E-state index in [1.54, 1.807) is 0 Å². The molecular formula is C14H28N2O. The van der Waals surface area contributed by atoms with Gasteiger partial charge in [-0.25, -0.2) is 0 Å². The fourth-order valence-corrected chi connectivity index (χ4v) is 2.50. The van der Waals surface area contributed by atoms with Crippen LogP contribution >= 0.6 is 0 Å². The summed E-state index contributed by atoms with van der Waals surface area (Å²) < 4.78 is 0. The lowest BCUT2D eigenvalue weighted by molar-refractivity contribution is -0.125. The molecule has 2 atom stereocenters. The second-order valence-electron chi connectivity index (χ2n) is 5.81. The van der Waals surface area contributed by atoms with E-state index in [2.05, 4.69) is 24.1 Å². The van der Waals surface area contributed by atoms with Crippen LogP contribution in [0.1, 0.15) is 47.0 Å². The molecular weight excluding hydrogens is 212 g/mol. The number of amides is 1. The van der Waals surface area contributed by atoms with Crippen molar-refractivity contribution >= 4 is 5.91 Å². The first-order valence-electron chi connectivity index (χ1n) is 7.05. The van der Waals surface area contributed by atoms with Crippen molar-refractivity contribution in [3.05, 3.63) is 0 Å². The van der Waals surface area contributed by atoms with E-state index >= 15 is 0 Å². The number of carbonyl (C=O) groups is 1. The number of nitrogens with one attached hydrogen (secondary N) is 1. The van der Waals surface area contributed by atoms with Crippen LogP contribution in [-0.2, 0) is 4.79 Å². The lowest BCUT2D eigenvalue weighted by Crippen LogP contribution is -2.51. The number of hydrogen-bond acceptors (Lipinski definition) is 2. The molecule has 0 radical (unpaired) electrons. The Bertz CT molecular complexity index is 240. The first-order valence-corrected chi connectivity index (χ1v) is 7.05. The first kappa shape index (κ1) is 14.5. The molecule has 3 nitrogen and oxygen atoms in total. The van der Waals surface area contributed by atoms with Gasteiger partial charge in [0, 0.05) is 25.0 Å². The van der Waals surface area contributed by atoms with E-state index in [9.17, 15) is 4.79 Å². The molecule has 1 rings (SSSR count). The van der Waals surface area contributed by atoms with E-state index in [4.69, 9.17) is 0 Å².